The van der Waals surface area contributed by atoms with Crippen molar-refractivity contribution in [1.82, 2.24) is 25.1 Å². The molecule has 0 atom stereocenters. The van der Waals surface area contributed by atoms with E-state index in [1.807, 2.05) is 49.8 Å². The van der Waals surface area contributed by atoms with Crippen LogP contribution in [0.25, 0.3) is 22.0 Å². The first-order chi connectivity index (χ1) is 15.2. The number of anilines is 1. The minimum atomic E-state index is 0.0744. The third-order valence-corrected chi connectivity index (χ3v) is 5.65. The summed E-state index contributed by atoms with van der Waals surface area (Å²) in [6.45, 7) is 3.85. The Kier molecular flexibility index (Phi) is 5.18. The summed E-state index contributed by atoms with van der Waals surface area (Å²) in [6, 6.07) is 11.9. The fourth-order valence-electron chi connectivity index (χ4n) is 3.96. The molecule has 0 aliphatic carbocycles. The van der Waals surface area contributed by atoms with Crippen LogP contribution in [0.4, 0.5) is 5.69 Å². The number of aryl methyl sites for hydroxylation is 1. The summed E-state index contributed by atoms with van der Waals surface area (Å²) in [6.07, 6.45) is 7.60. The van der Waals surface area contributed by atoms with Crippen LogP contribution in [0.2, 0.25) is 0 Å². The molecule has 7 heteroatoms. The van der Waals surface area contributed by atoms with Crippen molar-refractivity contribution in [3.63, 3.8) is 0 Å². The van der Waals surface area contributed by atoms with Crippen LogP contribution >= 0.6 is 0 Å². The van der Waals surface area contributed by atoms with Crippen molar-refractivity contribution in [2.45, 2.75) is 6.42 Å². The molecule has 4 aromatic rings. The van der Waals surface area contributed by atoms with Crippen LogP contribution in [-0.2, 0) is 13.5 Å². The minimum absolute atomic E-state index is 0.0744. The second-order valence-corrected chi connectivity index (χ2v) is 7.88. The van der Waals surface area contributed by atoms with Crippen molar-refractivity contribution in [3.05, 3.63) is 72.4 Å². The Hall–Kier alpha value is -3.58. The van der Waals surface area contributed by atoms with Gasteiger partial charge in [0.05, 0.1) is 18.3 Å². The second kappa shape index (κ2) is 8.28. The number of pyridine rings is 2. The third kappa shape index (κ3) is 4.18. The monoisotopic (exact) mass is 412 g/mol. The number of ketones is 1. The lowest BCUT2D eigenvalue weighted by molar-refractivity contribution is 0.0992. The van der Waals surface area contributed by atoms with E-state index in [1.165, 1.54) is 0 Å². The van der Waals surface area contributed by atoms with E-state index in [0.29, 0.717) is 0 Å². The average molecular weight is 412 g/mol. The highest BCUT2D eigenvalue weighted by atomic mass is 16.1. The van der Waals surface area contributed by atoms with Crippen molar-refractivity contribution >= 4 is 22.2 Å². The summed E-state index contributed by atoms with van der Waals surface area (Å²) in [4.78, 5) is 24.3. The van der Waals surface area contributed by atoms with Gasteiger partial charge in [0.25, 0.3) is 0 Å². The lowest BCUT2D eigenvalue weighted by atomic mass is 10.0. The molecule has 5 rings (SSSR count). The minimum Gasteiger partial charge on any atom is -0.369 e. The van der Waals surface area contributed by atoms with E-state index in [0.717, 1.165) is 65.2 Å². The predicted octanol–water partition coefficient (Wildman–Crippen LogP) is 2.87. The molecule has 3 aromatic heterocycles. The average Bonchev–Trinajstić information content (AvgIpc) is 3.25. The van der Waals surface area contributed by atoms with E-state index >= 15 is 0 Å². The maximum absolute atomic E-state index is 13.0. The second-order valence-electron chi connectivity index (χ2n) is 7.88. The number of fused-ring (bicyclic) bond motifs is 1. The molecule has 156 valence electrons. The predicted molar refractivity (Wildman–Crippen MR) is 121 cm³/mol. The van der Waals surface area contributed by atoms with Crippen LogP contribution in [-0.4, -0.2) is 51.7 Å². The molecule has 0 radical (unpaired) electrons. The first kappa shape index (κ1) is 19.4. The molecular formula is C24H24N6O. The van der Waals surface area contributed by atoms with Gasteiger partial charge in [-0.3, -0.25) is 19.4 Å². The number of aromatic nitrogens is 4. The first-order valence-corrected chi connectivity index (χ1v) is 10.5. The van der Waals surface area contributed by atoms with Crippen LogP contribution in [0, 0.1) is 0 Å². The molecule has 0 unspecified atom stereocenters. The highest BCUT2D eigenvalue weighted by Crippen LogP contribution is 2.23. The smallest absolute Gasteiger partial charge is 0.168 e. The molecule has 1 N–H and O–H groups in total. The number of piperazine rings is 1. The normalized spacial score (nSPS) is 14.2. The number of hydrogen-bond donors (Lipinski definition) is 1. The summed E-state index contributed by atoms with van der Waals surface area (Å²) in [7, 11) is 1.88. The molecule has 0 saturated carbocycles. The number of hydrogen-bond acceptors (Lipinski definition) is 6. The van der Waals surface area contributed by atoms with Crippen LogP contribution in [0.3, 0.4) is 0 Å². The van der Waals surface area contributed by atoms with Gasteiger partial charge in [-0.15, -0.1) is 0 Å². The third-order valence-electron chi connectivity index (χ3n) is 5.65. The summed E-state index contributed by atoms with van der Waals surface area (Å²) >= 11 is 0. The summed E-state index contributed by atoms with van der Waals surface area (Å²) in [5.41, 5.74) is 4.40. The van der Waals surface area contributed by atoms with Crippen molar-refractivity contribution in [1.29, 1.82) is 0 Å². The van der Waals surface area contributed by atoms with E-state index in [4.69, 9.17) is 0 Å². The van der Waals surface area contributed by atoms with E-state index in [9.17, 15) is 4.79 Å². The molecule has 7 nitrogen and oxygen atoms in total. The van der Waals surface area contributed by atoms with Crippen molar-refractivity contribution in [2.24, 2.45) is 7.05 Å². The van der Waals surface area contributed by atoms with Gasteiger partial charge < -0.3 is 10.2 Å². The number of nitrogens with zero attached hydrogens (tertiary/aromatic N) is 5. The first-order valence-electron chi connectivity index (χ1n) is 10.5. The zero-order valence-corrected chi connectivity index (χ0v) is 17.5. The molecule has 1 saturated heterocycles. The highest BCUT2D eigenvalue weighted by Gasteiger charge is 2.14. The Morgan fingerprint density at radius 3 is 2.68 bits per heavy atom. The van der Waals surface area contributed by atoms with Gasteiger partial charge in [0, 0.05) is 79.7 Å². The summed E-state index contributed by atoms with van der Waals surface area (Å²) in [5, 5.41) is 9.54. The topological polar surface area (TPSA) is 75.9 Å². The van der Waals surface area contributed by atoms with Gasteiger partial charge in [-0.1, -0.05) is 12.1 Å². The molecular weight excluding hydrogens is 388 g/mol. The molecule has 0 amide bonds. The Labute approximate surface area is 180 Å². The SMILES string of the molecule is Cn1cc(-c2cc3cc(CC(=O)c4cccc(N5CCNCC5)c4)ncc3cn2)cn1. The van der Waals surface area contributed by atoms with Crippen molar-refractivity contribution in [3.8, 4) is 11.3 Å². The van der Waals surface area contributed by atoms with E-state index in [1.54, 1.807) is 17.1 Å². The zero-order chi connectivity index (χ0) is 21.2. The lowest BCUT2D eigenvalue weighted by Gasteiger charge is -2.29. The Morgan fingerprint density at radius 2 is 1.87 bits per heavy atom. The molecule has 31 heavy (non-hydrogen) atoms. The largest absolute Gasteiger partial charge is 0.369 e. The van der Waals surface area contributed by atoms with E-state index < -0.39 is 0 Å². The quantitative estimate of drug-likeness (QED) is 0.508. The molecule has 4 heterocycles. The number of carbonyl (C=O) groups is 1. The van der Waals surface area contributed by atoms with Crippen molar-refractivity contribution in [2.75, 3.05) is 31.1 Å². The van der Waals surface area contributed by atoms with Gasteiger partial charge in [0.15, 0.2) is 5.78 Å². The molecule has 1 aliphatic rings. The molecule has 1 aromatic carbocycles. The van der Waals surface area contributed by atoms with Crippen LogP contribution < -0.4 is 10.2 Å². The van der Waals surface area contributed by atoms with Crippen molar-refractivity contribution < 1.29 is 4.79 Å². The van der Waals surface area contributed by atoms with Gasteiger partial charge in [0.2, 0.25) is 0 Å². The lowest BCUT2D eigenvalue weighted by Crippen LogP contribution is -2.43. The highest BCUT2D eigenvalue weighted by molar-refractivity contribution is 5.98. The fraction of sp³-hybridized carbons (Fsp3) is 0.250. The molecule has 1 fully saturated rings. The number of Topliss-reactive ketones (excluding diaryl/α,β-unsaturated/α-hetero) is 1. The Morgan fingerprint density at radius 1 is 1.03 bits per heavy atom. The van der Waals surface area contributed by atoms with E-state index in [-0.39, 0.29) is 12.2 Å². The molecule has 1 aliphatic heterocycles. The number of nitrogens with one attached hydrogen (secondary N) is 1. The number of rotatable bonds is 5. The van der Waals surface area contributed by atoms with Gasteiger partial charge in [-0.05, 0) is 29.7 Å². The Bertz CT molecular complexity index is 1240. The Balaban J connectivity index is 1.37. The van der Waals surface area contributed by atoms with Gasteiger partial charge in [0.1, 0.15) is 0 Å². The van der Waals surface area contributed by atoms with Gasteiger partial charge in [-0.2, -0.15) is 5.10 Å². The molecule has 0 spiro atoms. The summed E-state index contributed by atoms with van der Waals surface area (Å²) < 4.78 is 1.76. The van der Waals surface area contributed by atoms with Crippen LogP contribution in [0.5, 0.6) is 0 Å². The van der Waals surface area contributed by atoms with Crippen LogP contribution in [0.1, 0.15) is 16.1 Å². The van der Waals surface area contributed by atoms with Gasteiger partial charge in [-0.25, -0.2) is 0 Å². The number of benzene rings is 1. The standard InChI is InChI=1S/C24H24N6O/c1-29-16-20(15-28-29)23-11-18-9-21(26-13-19(18)14-27-23)12-24(31)17-3-2-4-22(10-17)30-7-5-25-6-8-30/h2-4,9-11,13-16,25H,5-8,12H2,1H3. The molecule has 0 bridgehead atoms. The summed E-state index contributed by atoms with van der Waals surface area (Å²) in [5.74, 6) is 0.0744. The van der Waals surface area contributed by atoms with Gasteiger partial charge >= 0.3 is 0 Å². The van der Waals surface area contributed by atoms with E-state index in [2.05, 4.69) is 31.3 Å². The van der Waals surface area contributed by atoms with Crippen LogP contribution in [0.15, 0.2) is 61.2 Å². The fourth-order valence-corrected chi connectivity index (χ4v) is 3.96. The maximum atomic E-state index is 13.0. The number of carbonyl (C=O) groups excluding carboxylic acids is 1. The zero-order valence-electron chi connectivity index (χ0n) is 17.5. The maximum Gasteiger partial charge on any atom is 0.168 e.